The van der Waals surface area contributed by atoms with E-state index in [0.29, 0.717) is 6.42 Å². The van der Waals surface area contributed by atoms with E-state index in [4.69, 9.17) is 0 Å². The minimum atomic E-state index is 0.174. The van der Waals surface area contributed by atoms with Gasteiger partial charge in [-0.05, 0) is 13.2 Å². The van der Waals surface area contributed by atoms with Gasteiger partial charge < -0.3 is 0 Å². The molecule has 0 spiro atoms. The van der Waals surface area contributed by atoms with Crippen LogP contribution in [0.15, 0.2) is 4.99 Å². The SMILES string of the molecule is CCC(=O)N1CC(C)N=C1SC. The molecule has 0 aromatic rings. The molecule has 3 nitrogen and oxygen atoms in total. The third-order valence-corrected chi connectivity index (χ3v) is 2.49. The van der Waals surface area contributed by atoms with E-state index < -0.39 is 0 Å². The van der Waals surface area contributed by atoms with Gasteiger partial charge in [0, 0.05) is 6.42 Å². The van der Waals surface area contributed by atoms with Gasteiger partial charge in [0.05, 0.1) is 12.6 Å². The van der Waals surface area contributed by atoms with E-state index in [0.717, 1.165) is 11.7 Å². The number of carbonyl (C=O) groups excluding carboxylic acids is 1. The molecule has 4 heteroatoms. The molecular weight excluding hydrogens is 172 g/mol. The maximum atomic E-state index is 11.4. The number of rotatable bonds is 1. The largest absolute Gasteiger partial charge is 0.289 e. The van der Waals surface area contributed by atoms with E-state index in [-0.39, 0.29) is 11.9 Å². The van der Waals surface area contributed by atoms with E-state index >= 15 is 0 Å². The molecule has 0 N–H and O–H groups in total. The Hall–Kier alpha value is -0.510. The van der Waals surface area contributed by atoms with Crippen molar-refractivity contribution in [2.75, 3.05) is 12.8 Å². The van der Waals surface area contributed by atoms with Gasteiger partial charge in [0.2, 0.25) is 5.91 Å². The normalized spacial score (nSPS) is 22.8. The van der Waals surface area contributed by atoms with Crippen LogP contribution >= 0.6 is 11.8 Å². The van der Waals surface area contributed by atoms with E-state index in [1.165, 1.54) is 0 Å². The third kappa shape index (κ3) is 1.80. The molecule has 0 aliphatic carbocycles. The van der Waals surface area contributed by atoms with Crippen molar-refractivity contribution in [3.63, 3.8) is 0 Å². The van der Waals surface area contributed by atoms with Crippen LogP contribution in [0.3, 0.4) is 0 Å². The number of amides is 1. The maximum Gasteiger partial charge on any atom is 0.228 e. The van der Waals surface area contributed by atoms with Gasteiger partial charge in [-0.1, -0.05) is 18.7 Å². The molecule has 1 atom stereocenters. The van der Waals surface area contributed by atoms with E-state index in [1.807, 2.05) is 20.1 Å². The van der Waals surface area contributed by atoms with Crippen molar-refractivity contribution in [2.45, 2.75) is 26.3 Å². The molecule has 1 aliphatic rings. The zero-order valence-electron chi connectivity index (χ0n) is 7.70. The van der Waals surface area contributed by atoms with Crippen molar-refractivity contribution in [2.24, 2.45) is 4.99 Å². The Labute approximate surface area is 77.2 Å². The van der Waals surface area contributed by atoms with E-state index in [2.05, 4.69) is 4.99 Å². The summed E-state index contributed by atoms with van der Waals surface area (Å²) in [6.45, 7) is 4.66. The second-order valence-corrected chi connectivity index (χ2v) is 3.60. The summed E-state index contributed by atoms with van der Waals surface area (Å²) in [4.78, 5) is 17.5. The predicted molar refractivity (Wildman–Crippen MR) is 52.4 cm³/mol. The highest BCUT2D eigenvalue weighted by Crippen LogP contribution is 2.16. The zero-order valence-corrected chi connectivity index (χ0v) is 8.52. The van der Waals surface area contributed by atoms with Crippen molar-refractivity contribution in [1.82, 2.24) is 4.90 Å². The predicted octanol–water partition coefficient (Wildman–Crippen LogP) is 1.35. The Morgan fingerprint density at radius 2 is 2.50 bits per heavy atom. The topological polar surface area (TPSA) is 32.7 Å². The average Bonchev–Trinajstić information content (AvgIpc) is 2.45. The monoisotopic (exact) mass is 186 g/mol. The van der Waals surface area contributed by atoms with Crippen molar-refractivity contribution in [1.29, 1.82) is 0 Å². The number of amidine groups is 1. The summed E-state index contributed by atoms with van der Waals surface area (Å²) in [6, 6.07) is 0.267. The first-order chi connectivity index (χ1) is 5.69. The van der Waals surface area contributed by atoms with E-state index in [1.54, 1.807) is 16.7 Å². The van der Waals surface area contributed by atoms with Crippen LogP contribution in [0.5, 0.6) is 0 Å². The first kappa shape index (κ1) is 9.58. The Morgan fingerprint density at radius 3 is 3.00 bits per heavy atom. The fourth-order valence-electron chi connectivity index (χ4n) is 1.20. The molecule has 0 fully saturated rings. The van der Waals surface area contributed by atoms with Crippen LogP contribution < -0.4 is 0 Å². The summed E-state index contributed by atoms with van der Waals surface area (Å²) in [5.41, 5.74) is 0. The van der Waals surface area contributed by atoms with Gasteiger partial charge in [0.15, 0.2) is 5.17 Å². The first-order valence-corrected chi connectivity index (χ1v) is 5.33. The molecule has 1 unspecified atom stereocenters. The number of hydrogen-bond donors (Lipinski definition) is 0. The van der Waals surface area contributed by atoms with Crippen LogP contribution in [-0.2, 0) is 4.79 Å². The first-order valence-electron chi connectivity index (χ1n) is 4.11. The molecule has 12 heavy (non-hydrogen) atoms. The highest BCUT2D eigenvalue weighted by atomic mass is 32.2. The van der Waals surface area contributed by atoms with Gasteiger partial charge in [-0.2, -0.15) is 0 Å². The lowest BCUT2D eigenvalue weighted by Crippen LogP contribution is -2.33. The quantitative estimate of drug-likeness (QED) is 0.619. The summed E-state index contributed by atoms with van der Waals surface area (Å²) in [6.07, 6.45) is 2.51. The summed E-state index contributed by atoms with van der Waals surface area (Å²) in [5.74, 6) is 0.174. The molecule has 0 saturated carbocycles. The van der Waals surface area contributed by atoms with Crippen molar-refractivity contribution in [3.8, 4) is 0 Å². The van der Waals surface area contributed by atoms with Crippen LogP contribution in [0.1, 0.15) is 20.3 Å². The lowest BCUT2D eigenvalue weighted by atomic mass is 10.3. The fraction of sp³-hybridized carbons (Fsp3) is 0.750. The Balaban J connectivity index is 2.68. The van der Waals surface area contributed by atoms with Gasteiger partial charge in [-0.15, -0.1) is 0 Å². The lowest BCUT2D eigenvalue weighted by molar-refractivity contribution is -0.126. The lowest BCUT2D eigenvalue weighted by Gasteiger charge is -2.15. The van der Waals surface area contributed by atoms with Gasteiger partial charge in [-0.25, -0.2) is 0 Å². The van der Waals surface area contributed by atoms with Gasteiger partial charge in [-0.3, -0.25) is 14.7 Å². The van der Waals surface area contributed by atoms with Gasteiger partial charge in [0.25, 0.3) is 0 Å². The minimum absolute atomic E-state index is 0.174. The average molecular weight is 186 g/mol. The van der Waals surface area contributed by atoms with Gasteiger partial charge in [0.1, 0.15) is 0 Å². The molecule has 1 amide bonds. The summed E-state index contributed by atoms with van der Waals surface area (Å²) in [7, 11) is 0. The summed E-state index contributed by atoms with van der Waals surface area (Å²) >= 11 is 1.54. The molecule has 0 aromatic carbocycles. The minimum Gasteiger partial charge on any atom is -0.289 e. The number of nitrogens with zero attached hydrogens (tertiary/aromatic N) is 2. The van der Waals surface area contributed by atoms with Crippen LogP contribution in [0, 0.1) is 0 Å². The highest BCUT2D eigenvalue weighted by Gasteiger charge is 2.25. The number of hydrogen-bond acceptors (Lipinski definition) is 3. The highest BCUT2D eigenvalue weighted by molar-refractivity contribution is 8.13. The van der Waals surface area contributed by atoms with Crippen molar-refractivity contribution >= 4 is 22.8 Å². The number of carbonyl (C=O) groups is 1. The molecule has 0 bridgehead atoms. The molecular formula is C8H14N2OS. The maximum absolute atomic E-state index is 11.4. The Kier molecular flexibility index (Phi) is 3.14. The summed E-state index contributed by atoms with van der Waals surface area (Å²) in [5, 5.41) is 0.870. The second kappa shape index (κ2) is 3.94. The van der Waals surface area contributed by atoms with Gasteiger partial charge >= 0.3 is 0 Å². The van der Waals surface area contributed by atoms with Crippen molar-refractivity contribution < 1.29 is 4.79 Å². The molecule has 0 saturated heterocycles. The summed E-state index contributed by atoms with van der Waals surface area (Å²) < 4.78 is 0. The van der Waals surface area contributed by atoms with Crippen LogP contribution in [0.25, 0.3) is 0 Å². The molecule has 0 radical (unpaired) electrons. The fourth-order valence-corrected chi connectivity index (χ4v) is 1.89. The smallest absolute Gasteiger partial charge is 0.228 e. The van der Waals surface area contributed by atoms with E-state index in [9.17, 15) is 4.79 Å². The van der Waals surface area contributed by atoms with Crippen LogP contribution in [0.2, 0.25) is 0 Å². The molecule has 1 aliphatic heterocycles. The number of aliphatic imine (C=N–C) groups is 1. The standard InChI is InChI=1S/C8H14N2OS/c1-4-7(11)10-5-6(2)9-8(10)12-3/h6H,4-5H2,1-3H3. The van der Waals surface area contributed by atoms with Crippen LogP contribution in [-0.4, -0.2) is 34.8 Å². The van der Waals surface area contributed by atoms with Crippen molar-refractivity contribution in [3.05, 3.63) is 0 Å². The number of thioether (sulfide) groups is 1. The second-order valence-electron chi connectivity index (χ2n) is 2.82. The zero-order chi connectivity index (χ0) is 9.14. The van der Waals surface area contributed by atoms with Crippen LogP contribution in [0.4, 0.5) is 0 Å². The third-order valence-electron chi connectivity index (χ3n) is 1.79. The Morgan fingerprint density at radius 1 is 1.83 bits per heavy atom. The molecule has 1 rings (SSSR count). The molecule has 0 aromatic heterocycles. The Bertz CT molecular complexity index is 215. The molecule has 68 valence electrons. The molecule has 1 heterocycles.